The molecule has 0 aliphatic heterocycles. The molecular formula is C22H28N2O4S. The summed E-state index contributed by atoms with van der Waals surface area (Å²) >= 11 is 0. The molecule has 0 aromatic heterocycles. The summed E-state index contributed by atoms with van der Waals surface area (Å²) in [5.41, 5.74) is 1.56. The van der Waals surface area contributed by atoms with Gasteiger partial charge in [-0.25, -0.2) is 13.1 Å². The molecule has 0 aliphatic rings. The third-order valence-electron chi connectivity index (χ3n) is 4.20. The second kappa shape index (κ2) is 9.71. The summed E-state index contributed by atoms with van der Waals surface area (Å²) in [5.74, 6) is 0.367. The van der Waals surface area contributed by atoms with Crippen LogP contribution >= 0.6 is 0 Å². The van der Waals surface area contributed by atoms with Crippen LogP contribution in [0.4, 0.5) is 0 Å². The van der Waals surface area contributed by atoms with Crippen LogP contribution in [0.25, 0.3) is 0 Å². The Morgan fingerprint density at radius 2 is 1.83 bits per heavy atom. The number of amides is 1. The van der Waals surface area contributed by atoms with Crippen molar-refractivity contribution in [1.82, 2.24) is 10.0 Å². The van der Waals surface area contributed by atoms with E-state index in [9.17, 15) is 13.2 Å². The maximum atomic E-state index is 12.3. The Hall–Kier alpha value is -2.64. The van der Waals surface area contributed by atoms with E-state index < -0.39 is 10.0 Å². The molecule has 2 aromatic rings. The maximum absolute atomic E-state index is 12.3. The van der Waals surface area contributed by atoms with Gasteiger partial charge in [-0.1, -0.05) is 45.0 Å². The standard InChI is InChI=1S/C22H28N2O4S/c1-5-13-24-29(26,27)20-8-6-7-17(16-20)21(25)23-14-15-28-19-11-9-18(10-12-19)22(2,3)4/h5-12,16,24H,1,13-15H2,2-4H3,(H,23,25). The molecule has 0 heterocycles. The largest absolute Gasteiger partial charge is 0.492 e. The lowest BCUT2D eigenvalue weighted by Gasteiger charge is -2.19. The molecular weight excluding hydrogens is 388 g/mol. The minimum atomic E-state index is -3.68. The van der Waals surface area contributed by atoms with Gasteiger partial charge in [0, 0.05) is 12.1 Å². The summed E-state index contributed by atoms with van der Waals surface area (Å²) in [5, 5.41) is 2.73. The van der Waals surface area contributed by atoms with Crippen LogP contribution in [0.2, 0.25) is 0 Å². The van der Waals surface area contributed by atoms with Crippen LogP contribution in [0.1, 0.15) is 36.7 Å². The highest BCUT2D eigenvalue weighted by Crippen LogP contribution is 2.24. The number of hydrogen-bond acceptors (Lipinski definition) is 4. The van der Waals surface area contributed by atoms with Gasteiger partial charge in [0.25, 0.3) is 5.91 Å². The fraction of sp³-hybridized carbons (Fsp3) is 0.318. The van der Waals surface area contributed by atoms with Gasteiger partial charge in [0.2, 0.25) is 10.0 Å². The number of hydrogen-bond donors (Lipinski definition) is 2. The lowest BCUT2D eigenvalue weighted by molar-refractivity contribution is 0.0946. The molecule has 2 aromatic carbocycles. The molecule has 156 valence electrons. The summed E-state index contributed by atoms with van der Waals surface area (Å²) in [7, 11) is -3.68. The second-order valence-corrected chi connectivity index (χ2v) is 9.31. The van der Waals surface area contributed by atoms with Crippen molar-refractivity contribution in [3.05, 3.63) is 72.3 Å². The molecule has 29 heavy (non-hydrogen) atoms. The van der Waals surface area contributed by atoms with Crippen molar-refractivity contribution in [2.75, 3.05) is 19.7 Å². The van der Waals surface area contributed by atoms with Gasteiger partial charge >= 0.3 is 0 Å². The minimum Gasteiger partial charge on any atom is -0.492 e. The fourth-order valence-electron chi connectivity index (χ4n) is 2.54. The van der Waals surface area contributed by atoms with Gasteiger partial charge in [0.15, 0.2) is 0 Å². The van der Waals surface area contributed by atoms with Crippen molar-refractivity contribution < 1.29 is 17.9 Å². The van der Waals surface area contributed by atoms with E-state index in [0.717, 1.165) is 5.75 Å². The number of carbonyl (C=O) groups excluding carboxylic acids is 1. The molecule has 7 heteroatoms. The predicted molar refractivity (Wildman–Crippen MR) is 115 cm³/mol. The highest BCUT2D eigenvalue weighted by Gasteiger charge is 2.15. The van der Waals surface area contributed by atoms with E-state index >= 15 is 0 Å². The van der Waals surface area contributed by atoms with Crippen molar-refractivity contribution in [3.8, 4) is 5.75 Å². The molecule has 0 unspecified atom stereocenters. The first-order chi connectivity index (χ1) is 13.6. The van der Waals surface area contributed by atoms with Gasteiger partial charge in [-0.2, -0.15) is 0 Å². The molecule has 0 aliphatic carbocycles. The van der Waals surface area contributed by atoms with Crippen LogP contribution in [0.15, 0.2) is 66.1 Å². The molecule has 0 saturated heterocycles. The molecule has 2 rings (SSSR count). The number of nitrogens with one attached hydrogen (secondary N) is 2. The lowest BCUT2D eigenvalue weighted by Crippen LogP contribution is -2.28. The average Bonchev–Trinajstić information content (AvgIpc) is 2.69. The quantitative estimate of drug-likeness (QED) is 0.485. The normalized spacial score (nSPS) is 11.7. The van der Waals surface area contributed by atoms with Gasteiger partial charge in [0.1, 0.15) is 12.4 Å². The summed E-state index contributed by atoms with van der Waals surface area (Å²) in [6, 6.07) is 13.7. The van der Waals surface area contributed by atoms with E-state index in [0.29, 0.717) is 13.2 Å². The summed E-state index contributed by atoms with van der Waals surface area (Å²) in [4.78, 5) is 12.3. The molecule has 0 saturated carbocycles. The van der Waals surface area contributed by atoms with Crippen molar-refractivity contribution in [1.29, 1.82) is 0 Å². The van der Waals surface area contributed by atoms with Gasteiger partial charge in [-0.3, -0.25) is 4.79 Å². The number of ether oxygens (including phenoxy) is 1. The Morgan fingerprint density at radius 3 is 2.45 bits per heavy atom. The van der Waals surface area contributed by atoms with Crippen molar-refractivity contribution >= 4 is 15.9 Å². The predicted octanol–water partition coefficient (Wildman–Crippen LogP) is 3.26. The van der Waals surface area contributed by atoms with Crippen molar-refractivity contribution in [3.63, 3.8) is 0 Å². The Morgan fingerprint density at radius 1 is 1.14 bits per heavy atom. The molecule has 2 N–H and O–H groups in total. The third-order valence-corrected chi connectivity index (χ3v) is 5.62. The number of benzene rings is 2. The zero-order chi connectivity index (χ0) is 21.5. The second-order valence-electron chi connectivity index (χ2n) is 7.55. The van der Waals surface area contributed by atoms with E-state index in [4.69, 9.17) is 4.74 Å². The summed E-state index contributed by atoms with van der Waals surface area (Å²) in [6.07, 6.45) is 1.45. The average molecular weight is 417 g/mol. The van der Waals surface area contributed by atoms with E-state index in [1.165, 1.54) is 29.8 Å². The molecule has 0 bridgehead atoms. The van der Waals surface area contributed by atoms with Gasteiger partial charge in [-0.15, -0.1) is 6.58 Å². The molecule has 0 fully saturated rings. The Balaban J connectivity index is 1.88. The third kappa shape index (κ3) is 6.73. The van der Waals surface area contributed by atoms with E-state index in [-0.39, 0.29) is 28.3 Å². The van der Waals surface area contributed by atoms with Crippen LogP contribution in [0.3, 0.4) is 0 Å². The van der Waals surface area contributed by atoms with Gasteiger partial charge in [0.05, 0.1) is 11.4 Å². The number of rotatable bonds is 9. The number of sulfonamides is 1. The summed E-state index contributed by atoms with van der Waals surface area (Å²) in [6.45, 7) is 10.6. The molecule has 0 radical (unpaired) electrons. The zero-order valence-electron chi connectivity index (χ0n) is 17.1. The Bertz CT molecular complexity index is 946. The first-order valence-electron chi connectivity index (χ1n) is 9.35. The molecule has 6 nitrogen and oxygen atoms in total. The minimum absolute atomic E-state index is 0.0298. The highest BCUT2D eigenvalue weighted by molar-refractivity contribution is 7.89. The Kier molecular flexibility index (Phi) is 7.59. The fourth-order valence-corrected chi connectivity index (χ4v) is 3.59. The molecule has 0 atom stereocenters. The van der Waals surface area contributed by atoms with Gasteiger partial charge in [-0.05, 0) is 41.3 Å². The van der Waals surface area contributed by atoms with Crippen molar-refractivity contribution in [2.45, 2.75) is 31.1 Å². The monoisotopic (exact) mass is 416 g/mol. The highest BCUT2D eigenvalue weighted by atomic mass is 32.2. The van der Waals surface area contributed by atoms with E-state index in [1.54, 1.807) is 6.07 Å². The van der Waals surface area contributed by atoms with E-state index in [2.05, 4.69) is 37.4 Å². The van der Waals surface area contributed by atoms with Crippen molar-refractivity contribution in [2.24, 2.45) is 0 Å². The first kappa shape index (κ1) is 22.6. The number of carbonyl (C=O) groups is 1. The van der Waals surface area contributed by atoms with Crippen LogP contribution in [0.5, 0.6) is 5.75 Å². The smallest absolute Gasteiger partial charge is 0.251 e. The Labute approximate surface area is 173 Å². The van der Waals surface area contributed by atoms with Crippen LogP contribution in [0, 0.1) is 0 Å². The first-order valence-corrected chi connectivity index (χ1v) is 10.8. The van der Waals surface area contributed by atoms with Crippen LogP contribution in [-0.2, 0) is 15.4 Å². The molecule has 1 amide bonds. The summed E-state index contributed by atoms with van der Waals surface area (Å²) < 4.78 is 32.3. The van der Waals surface area contributed by atoms with Crippen LogP contribution in [-0.4, -0.2) is 34.0 Å². The lowest BCUT2D eigenvalue weighted by atomic mass is 9.87. The van der Waals surface area contributed by atoms with Gasteiger partial charge < -0.3 is 10.1 Å². The van der Waals surface area contributed by atoms with Crippen LogP contribution < -0.4 is 14.8 Å². The molecule has 0 spiro atoms. The maximum Gasteiger partial charge on any atom is 0.251 e. The van der Waals surface area contributed by atoms with E-state index in [1.807, 2.05) is 24.3 Å². The topological polar surface area (TPSA) is 84.5 Å². The SMILES string of the molecule is C=CCNS(=O)(=O)c1cccc(C(=O)NCCOc2ccc(C(C)(C)C)cc2)c1. The zero-order valence-corrected chi connectivity index (χ0v) is 17.9.